The molecule has 1 aliphatic heterocycles. The third-order valence-corrected chi connectivity index (χ3v) is 4.21. The molecule has 0 radical (unpaired) electrons. The minimum absolute atomic E-state index is 0.0905. The Morgan fingerprint density at radius 1 is 1.25 bits per heavy atom. The van der Waals surface area contributed by atoms with Gasteiger partial charge < -0.3 is 10.1 Å². The van der Waals surface area contributed by atoms with Crippen LogP contribution >= 0.6 is 0 Å². The zero-order valence-electron chi connectivity index (χ0n) is 11.4. The minimum Gasteiger partial charge on any atom is -0.490 e. The van der Waals surface area contributed by atoms with Crippen LogP contribution in [0.1, 0.15) is 53.9 Å². The van der Waals surface area contributed by atoms with Crippen LogP contribution < -0.4 is 10.1 Å². The largest absolute Gasteiger partial charge is 0.490 e. The van der Waals surface area contributed by atoms with Crippen LogP contribution in [0.2, 0.25) is 0 Å². The molecule has 20 heavy (non-hydrogen) atoms. The summed E-state index contributed by atoms with van der Waals surface area (Å²) in [5.41, 5.74) is 1.67. The van der Waals surface area contributed by atoms with E-state index in [2.05, 4.69) is 5.32 Å². The van der Waals surface area contributed by atoms with Gasteiger partial charge in [-0.05, 0) is 43.4 Å². The molecule has 1 saturated carbocycles. The number of nitrogens with one attached hydrogen (secondary N) is 1. The van der Waals surface area contributed by atoms with Crippen molar-refractivity contribution in [3.05, 3.63) is 29.3 Å². The molecule has 0 aromatic heterocycles. The molecule has 3 rings (SSSR count). The Morgan fingerprint density at radius 3 is 2.70 bits per heavy atom. The highest BCUT2D eigenvalue weighted by atomic mass is 16.5. The Morgan fingerprint density at radius 2 is 2.05 bits per heavy atom. The highest BCUT2D eigenvalue weighted by Crippen LogP contribution is 2.31. The van der Waals surface area contributed by atoms with Crippen LogP contribution in [-0.2, 0) is 4.79 Å². The average molecular weight is 273 g/mol. The van der Waals surface area contributed by atoms with Crippen molar-refractivity contribution in [2.75, 3.05) is 6.54 Å². The van der Waals surface area contributed by atoms with Gasteiger partial charge >= 0.3 is 0 Å². The molecule has 0 bridgehead atoms. The highest BCUT2D eigenvalue weighted by molar-refractivity contribution is 5.81. The third-order valence-electron chi connectivity index (χ3n) is 4.21. The molecule has 4 heteroatoms. The number of carbonyl (C=O) groups is 2. The Kier molecular flexibility index (Phi) is 3.72. The van der Waals surface area contributed by atoms with Crippen molar-refractivity contribution in [3.63, 3.8) is 0 Å². The summed E-state index contributed by atoms with van der Waals surface area (Å²) < 4.78 is 5.99. The minimum atomic E-state index is 0.0905. The summed E-state index contributed by atoms with van der Waals surface area (Å²) in [6.07, 6.45) is 6.10. The topological polar surface area (TPSA) is 55.4 Å². The molecule has 1 aromatic rings. The quantitative estimate of drug-likeness (QED) is 0.857. The number of hydrogen-bond acceptors (Lipinski definition) is 3. The molecule has 4 nitrogen and oxygen atoms in total. The lowest BCUT2D eigenvalue weighted by molar-refractivity contribution is -0.119. The lowest BCUT2D eigenvalue weighted by Crippen LogP contribution is -2.14. The van der Waals surface area contributed by atoms with Gasteiger partial charge in [-0.1, -0.05) is 6.07 Å². The molecule has 0 spiro atoms. The van der Waals surface area contributed by atoms with Crippen molar-refractivity contribution in [2.24, 2.45) is 0 Å². The first-order valence-corrected chi connectivity index (χ1v) is 7.29. The fraction of sp³-hybridized carbons (Fsp3) is 0.500. The fourth-order valence-electron chi connectivity index (χ4n) is 3.03. The molecule has 2 fully saturated rings. The van der Waals surface area contributed by atoms with Crippen molar-refractivity contribution in [3.8, 4) is 5.75 Å². The Labute approximate surface area is 118 Å². The number of benzene rings is 1. The SMILES string of the molecule is O=Cc1ccc(C2CNC(=O)C2)cc1OC1CCCC1. The van der Waals surface area contributed by atoms with Gasteiger partial charge in [0.2, 0.25) is 5.91 Å². The van der Waals surface area contributed by atoms with Crippen LogP contribution in [0, 0.1) is 0 Å². The zero-order chi connectivity index (χ0) is 13.9. The van der Waals surface area contributed by atoms with Gasteiger partial charge in [0.25, 0.3) is 0 Å². The van der Waals surface area contributed by atoms with E-state index in [1.807, 2.05) is 12.1 Å². The molecule has 1 saturated heterocycles. The lowest BCUT2D eigenvalue weighted by Gasteiger charge is -2.17. The molecule has 1 heterocycles. The van der Waals surface area contributed by atoms with Crippen LogP contribution in [0.5, 0.6) is 5.75 Å². The number of carbonyl (C=O) groups excluding carboxylic acids is 2. The molecule has 1 unspecified atom stereocenters. The van der Waals surface area contributed by atoms with Gasteiger partial charge in [-0.25, -0.2) is 0 Å². The van der Waals surface area contributed by atoms with E-state index in [0.717, 1.165) is 24.7 Å². The Hall–Kier alpha value is -1.84. The maximum absolute atomic E-state index is 11.3. The van der Waals surface area contributed by atoms with Gasteiger partial charge in [0.1, 0.15) is 5.75 Å². The van der Waals surface area contributed by atoms with Crippen molar-refractivity contribution in [2.45, 2.75) is 44.1 Å². The summed E-state index contributed by atoms with van der Waals surface area (Å²) in [4.78, 5) is 22.5. The molecule has 1 aromatic carbocycles. The third kappa shape index (κ3) is 2.69. The first-order valence-electron chi connectivity index (χ1n) is 7.29. The highest BCUT2D eigenvalue weighted by Gasteiger charge is 2.24. The zero-order valence-corrected chi connectivity index (χ0v) is 11.4. The van der Waals surface area contributed by atoms with E-state index in [4.69, 9.17) is 4.74 Å². The molecule has 1 amide bonds. The standard InChI is InChI=1S/C16H19NO3/c18-10-12-6-5-11(13-8-16(19)17-9-13)7-15(12)20-14-3-1-2-4-14/h5-7,10,13-14H,1-4,8-9H2,(H,17,19). The van der Waals surface area contributed by atoms with E-state index in [1.165, 1.54) is 12.8 Å². The maximum atomic E-state index is 11.3. The number of ether oxygens (including phenoxy) is 1. The molecule has 1 aliphatic carbocycles. The summed E-state index contributed by atoms with van der Waals surface area (Å²) in [7, 11) is 0. The van der Waals surface area contributed by atoms with Crippen LogP contribution in [0.15, 0.2) is 18.2 Å². The van der Waals surface area contributed by atoms with Crippen molar-refractivity contribution in [1.29, 1.82) is 0 Å². The maximum Gasteiger partial charge on any atom is 0.220 e. The summed E-state index contributed by atoms with van der Waals surface area (Å²) >= 11 is 0. The van der Waals surface area contributed by atoms with Gasteiger partial charge in [0.05, 0.1) is 11.7 Å². The molecule has 1 N–H and O–H groups in total. The predicted molar refractivity (Wildman–Crippen MR) is 75.1 cm³/mol. The summed E-state index contributed by atoms with van der Waals surface area (Å²) in [5, 5.41) is 2.84. The van der Waals surface area contributed by atoms with Gasteiger partial charge in [-0.2, -0.15) is 0 Å². The first-order chi connectivity index (χ1) is 9.76. The summed E-state index contributed by atoms with van der Waals surface area (Å²) in [6, 6.07) is 5.67. The van der Waals surface area contributed by atoms with E-state index < -0.39 is 0 Å². The van der Waals surface area contributed by atoms with E-state index in [0.29, 0.717) is 24.3 Å². The molecule has 106 valence electrons. The predicted octanol–water partition coefficient (Wildman–Crippen LogP) is 2.42. The molecular weight excluding hydrogens is 254 g/mol. The van der Waals surface area contributed by atoms with Crippen molar-refractivity contribution < 1.29 is 14.3 Å². The van der Waals surface area contributed by atoms with E-state index >= 15 is 0 Å². The van der Waals surface area contributed by atoms with Gasteiger partial charge in [0, 0.05) is 18.9 Å². The number of rotatable bonds is 4. The second-order valence-corrected chi connectivity index (χ2v) is 5.64. The molecule has 1 atom stereocenters. The van der Waals surface area contributed by atoms with Crippen molar-refractivity contribution in [1.82, 2.24) is 5.32 Å². The van der Waals surface area contributed by atoms with Crippen LogP contribution in [0.3, 0.4) is 0 Å². The smallest absolute Gasteiger partial charge is 0.220 e. The van der Waals surface area contributed by atoms with E-state index in [9.17, 15) is 9.59 Å². The molecular formula is C16H19NO3. The van der Waals surface area contributed by atoms with Gasteiger partial charge in [0.15, 0.2) is 6.29 Å². The Balaban J connectivity index is 1.82. The Bertz CT molecular complexity index is 520. The summed E-state index contributed by atoms with van der Waals surface area (Å²) in [5.74, 6) is 0.950. The second kappa shape index (κ2) is 5.65. The fourth-order valence-corrected chi connectivity index (χ4v) is 3.03. The first kappa shape index (κ1) is 13.2. The van der Waals surface area contributed by atoms with Crippen LogP contribution in [0.4, 0.5) is 0 Å². The monoisotopic (exact) mass is 273 g/mol. The van der Waals surface area contributed by atoms with E-state index in [1.54, 1.807) is 6.07 Å². The lowest BCUT2D eigenvalue weighted by atomic mass is 9.97. The number of hydrogen-bond donors (Lipinski definition) is 1. The molecule has 2 aliphatic rings. The summed E-state index contributed by atoms with van der Waals surface area (Å²) in [6.45, 7) is 0.669. The van der Waals surface area contributed by atoms with Crippen LogP contribution in [0.25, 0.3) is 0 Å². The normalized spacial score (nSPS) is 22.8. The second-order valence-electron chi connectivity index (χ2n) is 5.64. The van der Waals surface area contributed by atoms with Gasteiger partial charge in [-0.15, -0.1) is 0 Å². The number of amides is 1. The van der Waals surface area contributed by atoms with E-state index in [-0.39, 0.29) is 17.9 Å². The average Bonchev–Trinajstić information content (AvgIpc) is 3.10. The number of aldehydes is 1. The van der Waals surface area contributed by atoms with Crippen LogP contribution in [-0.4, -0.2) is 24.8 Å². The van der Waals surface area contributed by atoms with Gasteiger partial charge in [-0.3, -0.25) is 9.59 Å². The van der Waals surface area contributed by atoms with Crippen molar-refractivity contribution >= 4 is 12.2 Å².